The van der Waals surface area contributed by atoms with Gasteiger partial charge in [-0.2, -0.15) is 0 Å². The number of β-amino-alcohol motifs (C(OH)–C–C–N with tert-alkyl or cyclic N) is 1. The Morgan fingerprint density at radius 3 is 2.79 bits per heavy atom. The standard InChI is InChI=1S/C21H28FN5O/c1-26(2)20-10-21(25-13-24-20)27-12-19(28)9-18(27)11-23-17-7-15(8-17)14-4-3-5-16(22)6-14/h3-6,10,13,15,17-19,23,28H,7-9,11-12H2,1-2H3/t15?,17?,18-,19-/m1/s1. The molecule has 2 aliphatic rings. The number of rotatable bonds is 6. The topological polar surface area (TPSA) is 64.5 Å². The van der Waals surface area contributed by atoms with Crippen LogP contribution in [0.4, 0.5) is 16.0 Å². The second-order valence-corrected chi connectivity index (χ2v) is 8.15. The number of halogens is 1. The van der Waals surface area contributed by atoms with Gasteiger partial charge >= 0.3 is 0 Å². The van der Waals surface area contributed by atoms with Crippen LogP contribution in [0, 0.1) is 5.82 Å². The van der Waals surface area contributed by atoms with E-state index in [0.29, 0.717) is 18.5 Å². The predicted molar refractivity (Wildman–Crippen MR) is 108 cm³/mol. The van der Waals surface area contributed by atoms with Gasteiger partial charge in [0.05, 0.1) is 6.10 Å². The Kier molecular flexibility index (Phi) is 5.46. The number of anilines is 2. The maximum Gasteiger partial charge on any atom is 0.134 e. The lowest BCUT2D eigenvalue weighted by Crippen LogP contribution is -2.46. The molecule has 0 amide bonds. The molecule has 2 atom stereocenters. The van der Waals surface area contributed by atoms with Crippen LogP contribution in [0.2, 0.25) is 0 Å². The number of aliphatic hydroxyl groups excluding tert-OH is 1. The van der Waals surface area contributed by atoms with Crippen molar-refractivity contribution in [2.24, 2.45) is 0 Å². The van der Waals surface area contributed by atoms with E-state index >= 15 is 0 Å². The highest BCUT2D eigenvalue weighted by molar-refractivity contribution is 5.51. The molecule has 28 heavy (non-hydrogen) atoms. The summed E-state index contributed by atoms with van der Waals surface area (Å²) in [7, 11) is 3.91. The first-order valence-corrected chi connectivity index (χ1v) is 9.92. The molecule has 0 radical (unpaired) electrons. The van der Waals surface area contributed by atoms with E-state index in [1.165, 1.54) is 6.07 Å². The lowest BCUT2D eigenvalue weighted by Gasteiger charge is -2.38. The maximum atomic E-state index is 13.4. The maximum absolute atomic E-state index is 13.4. The molecule has 1 saturated heterocycles. The summed E-state index contributed by atoms with van der Waals surface area (Å²) in [5.41, 5.74) is 1.09. The summed E-state index contributed by atoms with van der Waals surface area (Å²) in [6, 6.07) is 9.54. The molecule has 1 saturated carbocycles. The van der Waals surface area contributed by atoms with Gasteiger partial charge < -0.3 is 20.2 Å². The van der Waals surface area contributed by atoms with Crippen LogP contribution in [0.25, 0.3) is 0 Å². The molecule has 1 aromatic heterocycles. The molecular formula is C21H28FN5O. The Labute approximate surface area is 165 Å². The van der Waals surface area contributed by atoms with Crippen molar-refractivity contribution in [1.29, 1.82) is 0 Å². The van der Waals surface area contributed by atoms with Gasteiger partial charge in [0.1, 0.15) is 23.8 Å². The van der Waals surface area contributed by atoms with Crippen molar-refractivity contribution in [1.82, 2.24) is 15.3 Å². The SMILES string of the molecule is CN(C)c1cc(N2C[C@H](O)C[C@@H]2CNC2CC(c3cccc(F)c3)C2)ncn1. The average molecular weight is 385 g/mol. The van der Waals surface area contributed by atoms with Gasteiger partial charge in [0.15, 0.2) is 0 Å². The van der Waals surface area contributed by atoms with Crippen LogP contribution in [0.3, 0.4) is 0 Å². The van der Waals surface area contributed by atoms with Gasteiger partial charge in [-0.25, -0.2) is 14.4 Å². The van der Waals surface area contributed by atoms with E-state index < -0.39 is 0 Å². The van der Waals surface area contributed by atoms with E-state index in [4.69, 9.17) is 0 Å². The number of benzene rings is 1. The molecule has 2 heterocycles. The second kappa shape index (κ2) is 8.01. The summed E-state index contributed by atoms with van der Waals surface area (Å²) in [5.74, 6) is 1.98. The van der Waals surface area contributed by atoms with Crippen molar-refractivity contribution in [3.63, 3.8) is 0 Å². The van der Waals surface area contributed by atoms with Gasteiger partial charge in [-0.1, -0.05) is 12.1 Å². The number of hydrogen-bond acceptors (Lipinski definition) is 6. The Bertz CT molecular complexity index is 811. The summed E-state index contributed by atoms with van der Waals surface area (Å²) in [6.45, 7) is 1.39. The lowest BCUT2D eigenvalue weighted by molar-refractivity contribution is 0.192. The molecule has 1 aliphatic carbocycles. The van der Waals surface area contributed by atoms with E-state index in [9.17, 15) is 9.50 Å². The smallest absolute Gasteiger partial charge is 0.134 e. The van der Waals surface area contributed by atoms with Gasteiger partial charge in [-0.3, -0.25) is 0 Å². The summed E-state index contributed by atoms with van der Waals surface area (Å²) >= 11 is 0. The van der Waals surface area contributed by atoms with E-state index in [1.807, 2.05) is 31.1 Å². The first kappa shape index (κ1) is 19.1. The molecule has 4 rings (SSSR count). The van der Waals surface area contributed by atoms with Crippen LogP contribution in [-0.2, 0) is 0 Å². The molecule has 150 valence electrons. The van der Waals surface area contributed by atoms with Crippen LogP contribution in [0.5, 0.6) is 0 Å². The summed E-state index contributed by atoms with van der Waals surface area (Å²) < 4.78 is 13.4. The molecule has 2 N–H and O–H groups in total. The third kappa shape index (κ3) is 4.10. The third-order valence-electron chi connectivity index (χ3n) is 5.88. The fourth-order valence-electron chi connectivity index (χ4n) is 4.22. The highest BCUT2D eigenvalue weighted by atomic mass is 19.1. The number of hydrogen-bond donors (Lipinski definition) is 2. The zero-order valence-corrected chi connectivity index (χ0v) is 16.4. The zero-order chi connectivity index (χ0) is 19.7. The van der Waals surface area contributed by atoms with Crippen molar-refractivity contribution in [3.8, 4) is 0 Å². The van der Waals surface area contributed by atoms with Crippen molar-refractivity contribution in [2.75, 3.05) is 37.0 Å². The Morgan fingerprint density at radius 2 is 2.04 bits per heavy atom. The first-order valence-electron chi connectivity index (χ1n) is 9.92. The van der Waals surface area contributed by atoms with Crippen molar-refractivity contribution in [3.05, 3.63) is 48.0 Å². The molecule has 6 nitrogen and oxygen atoms in total. The predicted octanol–water partition coefficient (Wildman–Crippen LogP) is 2.16. The average Bonchev–Trinajstić information content (AvgIpc) is 3.01. The fraction of sp³-hybridized carbons (Fsp3) is 0.524. The Balaban J connectivity index is 1.33. The molecule has 1 aliphatic heterocycles. The molecule has 2 fully saturated rings. The van der Waals surface area contributed by atoms with E-state index in [0.717, 1.165) is 43.0 Å². The zero-order valence-electron chi connectivity index (χ0n) is 16.4. The Hall–Kier alpha value is -2.25. The van der Waals surface area contributed by atoms with Gasteiger partial charge in [0.25, 0.3) is 0 Å². The highest BCUT2D eigenvalue weighted by Crippen LogP contribution is 2.37. The van der Waals surface area contributed by atoms with Crippen molar-refractivity contribution >= 4 is 11.6 Å². The van der Waals surface area contributed by atoms with Gasteiger partial charge in [0, 0.05) is 45.3 Å². The van der Waals surface area contributed by atoms with Crippen LogP contribution < -0.4 is 15.1 Å². The fourth-order valence-corrected chi connectivity index (χ4v) is 4.22. The molecule has 2 aromatic rings. The summed E-state index contributed by atoms with van der Waals surface area (Å²) in [6.07, 6.45) is 4.02. The monoisotopic (exact) mass is 385 g/mol. The van der Waals surface area contributed by atoms with E-state index in [2.05, 4.69) is 20.2 Å². The largest absolute Gasteiger partial charge is 0.391 e. The normalized spacial score (nSPS) is 26.9. The molecule has 0 unspecified atom stereocenters. The molecule has 0 bridgehead atoms. The van der Waals surface area contributed by atoms with Gasteiger partial charge in [-0.15, -0.1) is 0 Å². The molecule has 7 heteroatoms. The Morgan fingerprint density at radius 1 is 1.21 bits per heavy atom. The molecular weight excluding hydrogens is 357 g/mol. The lowest BCUT2D eigenvalue weighted by atomic mass is 9.76. The highest BCUT2D eigenvalue weighted by Gasteiger charge is 2.35. The minimum Gasteiger partial charge on any atom is -0.391 e. The van der Waals surface area contributed by atoms with Crippen LogP contribution in [0.15, 0.2) is 36.7 Å². The number of aromatic nitrogens is 2. The van der Waals surface area contributed by atoms with Crippen LogP contribution in [-0.4, -0.2) is 60.4 Å². The second-order valence-electron chi connectivity index (χ2n) is 8.15. The van der Waals surface area contributed by atoms with E-state index in [1.54, 1.807) is 18.5 Å². The number of aliphatic hydroxyl groups is 1. The van der Waals surface area contributed by atoms with Crippen molar-refractivity contribution < 1.29 is 9.50 Å². The van der Waals surface area contributed by atoms with Crippen molar-refractivity contribution in [2.45, 2.75) is 43.4 Å². The van der Waals surface area contributed by atoms with E-state index in [-0.39, 0.29) is 18.0 Å². The number of nitrogens with one attached hydrogen (secondary N) is 1. The molecule has 1 aromatic carbocycles. The van der Waals surface area contributed by atoms with Crippen LogP contribution in [0.1, 0.15) is 30.7 Å². The summed E-state index contributed by atoms with van der Waals surface area (Å²) in [4.78, 5) is 12.8. The van der Waals surface area contributed by atoms with Gasteiger partial charge in [0.2, 0.25) is 0 Å². The first-order chi connectivity index (χ1) is 13.5. The van der Waals surface area contributed by atoms with Gasteiger partial charge in [-0.05, 0) is 42.9 Å². The molecule has 0 spiro atoms. The minimum absolute atomic E-state index is 0.161. The quantitative estimate of drug-likeness (QED) is 0.795. The third-order valence-corrected chi connectivity index (χ3v) is 5.88. The number of nitrogens with zero attached hydrogens (tertiary/aromatic N) is 4. The van der Waals surface area contributed by atoms with Crippen LogP contribution >= 0.6 is 0 Å². The summed E-state index contributed by atoms with van der Waals surface area (Å²) in [5, 5.41) is 13.8. The minimum atomic E-state index is -0.342.